The number of benzene rings is 1. The van der Waals surface area contributed by atoms with Crippen LogP contribution in [0.2, 0.25) is 0 Å². The zero-order valence-electron chi connectivity index (χ0n) is 27.8. The van der Waals surface area contributed by atoms with Crippen molar-refractivity contribution < 1.29 is 38.6 Å². The van der Waals surface area contributed by atoms with E-state index >= 15 is 0 Å². The van der Waals surface area contributed by atoms with Crippen LogP contribution >= 0.6 is 11.3 Å². The van der Waals surface area contributed by atoms with Gasteiger partial charge in [-0.2, -0.15) is 0 Å². The van der Waals surface area contributed by atoms with E-state index in [-0.39, 0.29) is 44.3 Å². The predicted molar refractivity (Wildman–Crippen MR) is 181 cm³/mol. The first-order chi connectivity index (χ1) is 23.2. The number of methoxy groups -OCH3 is 1. The summed E-state index contributed by atoms with van der Waals surface area (Å²) < 4.78 is 4.87. The molecule has 48 heavy (non-hydrogen) atoms. The molecule has 2 atom stereocenters. The second-order valence-electron chi connectivity index (χ2n) is 11.7. The minimum absolute atomic E-state index is 0.0324. The number of rotatable bonds is 16. The van der Waals surface area contributed by atoms with Gasteiger partial charge >= 0.3 is 11.9 Å². The van der Waals surface area contributed by atoms with E-state index in [2.05, 4.69) is 5.32 Å². The number of nitrogens with zero attached hydrogens (tertiary/aromatic N) is 4. The number of hydrogen-bond donors (Lipinski definition) is 2. The van der Waals surface area contributed by atoms with Gasteiger partial charge in [0.05, 0.1) is 37.5 Å². The second-order valence-corrected chi connectivity index (χ2v) is 12.8. The van der Waals surface area contributed by atoms with Gasteiger partial charge < -0.3 is 24.7 Å². The van der Waals surface area contributed by atoms with Gasteiger partial charge in [0.15, 0.2) is 0 Å². The zero-order chi connectivity index (χ0) is 34.9. The number of carbonyl (C=O) groups is 6. The number of ketones is 1. The van der Waals surface area contributed by atoms with Crippen LogP contribution in [0.4, 0.5) is 0 Å². The number of esters is 1. The van der Waals surface area contributed by atoms with Crippen LogP contribution < -0.4 is 5.32 Å². The number of carboxylic acid groups (broad SMARTS) is 1. The van der Waals surface area contributed by atoms with Crippen molar-refractivity contribution in [3.63, 3.8) is 0 Å². The molecule has 1 aliphatic rings. The normalized spacial score (nSPS) is 17.3. The highest BCUT2D eigenvalue weighted by Gasteiger charge is 2.28. The molecule has 1 aliphatic heterocycles. The number of nitrogens with one attached hydrogen (secondary N) is 1. The van der Waals surface area contributed by atoms with Gasteiger partial charge in [-0.05, 0) is 31.9 Å². The Balaban J connectivity index is 1.62. The molecule has 3 rings (SSSR count). The quantitative estimate of drug-likeness (QED) is 0.113. The Morgan fingerprint density at radius 2 is 1.46 bits per heavy atom. The number of amides is 1. The molecule has 1 aromatic heterocycles. The molecule has 2 aromatic rings. The van der Waals surface area contributed by atoms with Crippen LogP contribution in [0.3, 0.4) is 0 Å². The van der Waals surface area contributed by atoms with Gasteiger partial charge in [-0.25, -0.2) is 0 Å². The van der Waals surface area contributed by atoms with E-state index in [4.69, 9.17) is 4.74 Å². The summed E-state index contributed by atoms with van der Waals surface area (Å²) in [5, 5.41) is 13.2. The maximum atomic E-state index is 13.0. The lowest BCUT2D eigenvalue weighted by Gasteiger charge is -2.35. The molecule has 1 aromatic carbocycles. The van der Waals surface area contributed by atoms with E-state index in [1.165, 1.54) is 18.4 Å². The van der Waals surface area contributed by atoms with Crippen molar-refractivity contribution in [2.24, 2.45) is 0 Å². The predicted octanol–water partition coefficient (Wildman–Crippen LogP) is 1.22. The minimum atomic E-state index is -0.991. The average Bonchev–Trinajstić information content (AvgIpc) is 3.58. The van der Waals surface area contributed by atoms with Crippen molar-refractivity contribution in [2.45, 2.75) is 31.7 Å². The average molecular weight is 686 g/mol. The van der Waals surface area contributed by atoms with Crippen LogP contribution in [-0.2, 0) is 28.7 Å². The summed E-state index contributed by atoms with van der Waals surface area (Å²) in [5.74, 6) is -2.18. The van der Waals surface area contributed by atoms with Crippen molar-refractivity contribution in [1.29, 1.82) is 0 Å². The van der Waals surface area contributed by atoms with Crippen LogP contribution in [0.25, 0.3) is 0 Å². The van der Waals surface area contributed by atoms with Gasteiger partial charge in [-0.3, -0.25) is 38.8 Å². The fourth-order valence-corrected chi connectivity index (χ4v) is 6.56. The van der Waals surface area contributed by atoms with Gasteiger partial charge in [0.1, 0.15) is 18.6 Å². The fourth-order valence-electron chi connectivity index (χ4n) is 5.54. The molecule has 0 saturated carbocycles. The first-order valence-corrected chi connectivity index (χ1v) is 17.0. The molecule has 13 nitrogen and oxygen atoms in total. The van der Waals surface area contributed by atoms with E-state index in [0.717, 1.165) is 17.4 Å². The Morgan fingerprint density at radius 3 is 2.04 bits per heavy atom. The van der Waals surface area contributed by atoms with Crippen LogP contribution in [0.1, 0.15) is 45.8 Å². The molecular weight excluding hydrogens is 638 g/mol. The van der Waals surface area contributed by atoms with Gasteiger partial charge in [0.25, 0.3) is 0 Å². The number of aliphatic carboxylic acids is 1. The fraction of sp³-hybridized carbons (Fsp3) is 0.529. The third-order valence-corrected chi connectivity index (χ3v) is 9.77. The summed E-state index contributed by atoms with van der Waals surface area (Å²) >= 11 is 1.29. The lowest BCUT2D eigenvalue weighted by molar-refractivity contribution is -0.145. The third-order valence-electron chi connectivity index (χ3n) is 8.50. The Labute approximate surface area is 285 Å². The van der Waals surface area contributed by atoms with Crippen molar-refractivity contribution in [1.82, 2.24) is 24.9 Å². The number of carbonyl (C=O) groups excluding carboxylic acids is 5. The molecule has 0 aliphatic carbocycles. The standard InChI is InChI=1S/C34H47N5O8S/c1-26(29-10-11-30(48-29)32(43)27-7-4-3-5-8-27)33(44)35-12-6-9-28(34(45)46)39-19-17-37(22-24-41)14-13-36(21-23-40)15-16-38(18-20-39)25-31(42)47-2/h3-5,7-8,10-11,23-24,26,28H,6,9,12-22,25H2,1-2H3,(H,35,44)(H,45,46). The van der Waals surface area contributed by atoms with E-state index in [9.17, 15) is 33.9 Å². The summed E-state index contributed by atoms with van der Waals surface area (Å²) in [6.45, 7) is 6.10. The summed E-state index contributed by atoms with van der Waals surface area (Å²) in [6.07, 6.45) is 2.33. The van der Waals surface area contributed by atoms with E-state index in [1.807, 2.05) is 25.7 Å². The molecule has 2 unspecified atom stereocenters. The second kappa shape index (κ2) is 20.5. The lowest BCUT2D eigenvalue weighted by atomic mass is 10.1. The number of ether oxygens (including phenoxy) is 1. The highest BCUT2D eigenvalue weighted by molar-refractivity contribution is 7.14. The molecule has 1 saturated heterocycles. The molecule has 1 amide bonds. The summed E-state index contributed by atoms with van der Waals surface area (Å²) in [7, 11) is 1.32. The van der Waals surface area contributed by atoms with Crippen molar-refractivity contribution >= 4 is 47.5 Å². The third kappa shape index (κ3) is 12.3. The number of aldehydes is 2. The number of carboxylic acids is 1. The lowest BCUT2D eigenvalue weighted by Crippen LogP contribution is -2.51. The molecule has 14 heteroatoms. The van der Waals surface area contributed by atoms with Crippen LogP contribution in [0.5, 0.6) is 0 Å². The van der Waals surface area contributed by atoms with Crippen molar-refractivity contribution in [3.05, 3.63) is 57.8 Å². The molecule has 0 bridgehead atoms. The summed E-state index contributed by atoms with van der Waals surface area (Å²) in [5.41, 5.74) is 0.585. The molecule has 2 N–H and O–H groups in total. The topological polar surface area (TPSA) is 157 Å². The molecule has 1 fully saturated rings. The van der Waals surface area contributed by atoms with E-state index in [0.29, 0.717) is 69.2 Å². The Morgan fingerprint density at radius 1 is 0.875 bits per heavy atom. The number of thiophene rings is 1. The number of hydrogen-bond acceptors (Lipinski definition) is 12. The van der Waals surface area contributed by atoms with Crippen LogP contribution in [0, 0.1) is 0 Å². The first-order valence-electron chi connectivity index (χ1n) is 16.2. The summed E-state index contributed by atoms with van der Waals surface area (Å²) in [4.78, 5) is 82.1. The molecule has 262 valence electrons. The highest BCUT2D eigenvalue weighted by atomic mass is 32.1. The monoisotopic (exact) mass is 685 g/mol. The minimum Gasteiger partial charge on any atom is -0.480 e. The highest BCUT2D eigenvalue weighted by Crippen LogP contribution is 2.27. The van der Waals surface area contributed by atoms with Gasteiger partial charge in [-0.15, -0.1) is 11.3 Å². The van der Waals surface area contributed by atoms with E-state index in [1.54, 1.807) is 43.3 Å². The van der Waals surface area contributed by atoms with Crippen molar-refractivity contribution in [3.8, 4) is 0 Å². The zero-order valence-corrected chi connectivity index (χ0v) is 28.6. The van der Waals surface area contributed by atoms with Crippen LogP contribution in [-0.4, -0.2) is 153 Å². The summed E-state index contributed by atoms with van der Waals surface area (Å²) in [6, 6.07) is 11.6. The Kier molecular flexibility index (Phi) is 16.5. The van der Waals surface area contributed by atoms with Crippen molar-refractivity contribution in [2.75, 3.05) is 85.6 Å². The smallest absolute Gasteiger partial charge is 0.320 e. The van der Waals surface area contributed by atoms with Crippen LogP contribution in [0.15, 0.2) is 42.5 Å². The Bertz CT molecular complexity index is 1360. The molecule has 0 spiro atoms. The maximum absolute atomic E-state index is 13.0. The van der Waals surface area contributed by atoms with Gasteiger partial charge in [-0.1, -0.05) is 30.3 Å². The Hall–Kier alpha value is -3.82. The largest absolute Gasteiger partial charge is 0.480 e. The van der Waals surface area contributed by atoms with E-state index < -0.39 is 23.9 Å². The molecular formula is C34H47N5O8S. The maximum Gasteiger partial charge on any atom is 0.320 e. The van der Waals surface area contributed by atoms with Gasteiger partial charge in [0, 0.05) is 69.3 Å². The molecule has 2 heterocycles. The SMILES string of the molecule is COC(=O)CN1CCN(CC=O)CCN(CC=O)CCN(C(CCCNC(=O)C(C)c2ccc(C(=O)c3ccccc3)s2)C(=O)O)CC1. The first kappa shape index (κ1) is 38.6. The molecule has 0 radical (unpaired) electrons. The van der Waals surface area contributed by atoms with Gasteiger partial charge in [0.2, 0.25) is 11.7 Å².